The molecular weight excluding hydrogens is 338 g/mol. The predicted octanol–water partition coefficient (Wildman–Crippen LogP) is 2.05. The highest BCUT2D eigenvalue weighted by Crippen LogP contribution is 2.25. The molecule has 3 rings (SSSR count). The van der Waals surface area contributed by atoms with E-state index >= 15 is 0 Å². The molecule has 1 aliphatic carbocycles. The molecule has 2 heterocycles. The van der Waals surface area contributed by atoms with Crippen molar-refractivity contribution in [2.24, 2.45) is 0 Å². The van der Waals surface area contributed by atoms with Crippen molar-refractivity contribution in [1.82, 2.24) is 10.3 Å². The standard InChI is InChI=1S/C18H27N3O3S/c22-18(8-12-25(23,24)16-5-1-2-6-16)20-14-15-7-9-19-17(13-15)21-10-3-4-11-21/h7,9,13,16H,1-6,8,10-12,14H2,(H,20,22). The van der Waals surface area contributed by atoms with E-state index in [9.17, 15) is 13.2 Å². The number of anilines is 1. The van der Waals surface area contributed by atoms with Crippen LogP contribution >= 0.6 is 0 Å². The van der Waals surface area contributed by atoms with Crippen LogP contribution in [0.25, 0.3) is 0 Å². The Kier molecular flexibility index (Phi) is 5.93. The van der Waals surface area contributed by atoms with Gasteiger partial charge >= 0.3 is 0 Å². The van der Waals surface area contributed by atoms with Gasteiger partial charge in [0.05, 0.1) is 11.0 Å². The summed E-state index contributed by atoms with van der Waals surface area (Å²) < 4.78 is 24.4. The van der Waals surface area contributed by atoms with Crippen molar-refractivity contribution >= 4 is 21.6 Å². The number of carbonyl (C=O) groups is 1. The van der Waals surface area contributed by atoms with Crippen LogP contribution in [-0.2, 0) is 21.2 Å². The van der Waals surface area contributed by atoms with Gasteiger partial charge < -0.3 is 10.2 Å². The summed E-state index contributed by atoms with van der Waals surface area (Å²) in [6.45, 7) is 2.47. The second kappa shape index (κ2) is 8.17. The molecule has 0 aromatic carbocycles. The molecule has 6 nitrogen and oxygen atoms in total. The van der Waals surface area contributed by atoms with Crippen molar-refractivity contribution in [3.05, 3.63) is 23.9 Å². The van der Waals surface area contributed by atoms with Crippen molar-refractivity contribution in [3.8, 4) is 0 Å². The Morgan fingerprint density at radius 2 is 1.92 bits per heavy atom. The molecule has 2 aliphatic rings. The van der Waals surface area contributed by atoms with Crippen LogP contribution in [0.4, 0.5) is 5.82 Å². The number of carbonyl (C=O) groups excluding carboxylic acids is 1. The number of amides is 1. The van der Waals surface area contributed by atoms with Crippen molar-refractivity contribution in [2.45, 2.75) is 56.7 Å². The molecule has 0 bridgehead atoms. The number of pyridine rings is 1. The zero-order chi connectivity index (χ0) is 17.7. The Hall–Kier alpha value is -1.63. The molecule has 0 atom stereocenters. The third-order valence-corrected chi connectivity index (χ3v) is 7.41. The molecule has 25 heavy (non-hydrogen) atoms. The highest BCUT2D eigenvalue weighted by atomic mass is 32.2. The summed E-state index contributed by atoms with van der Waals surface area (Å²) in [6, 6.07) is 3.88. The van der Waals surface area contributed by atoms with Gasteiger partial charge in [-0.05, 0) is 43.4 Å². The van der Waals surface area contributed by atoms with Crippen molar-refractivity contribution < 1.29 is 13.2 Å². The lowest BCUT2D eigenvalue weighted by atomic mass is 10.2. The SMILES string of the molecule is O=C(CCS(=O)(=O)C1CCCC1)NCc1ccnc(N2CCCC2)c1. The van der Waals surface area contributed by atoms with E-state index in [0.29, 0.717) is 6.54 Å². The van der Waals surface area contributed by atoms with Gasteiger partial charge in [0, 0.05) is 32.3 Å². The number of hydrogen-bond acceptors (Lipinski definition) is 5. The minimum atomic E-state index is -3.13. The number of sulfone groups is 1. The van der Waals surface area contributed by atoms with E-state index < -0.39 is 9.84 Å². The molecule has 1 saturated carbocycles. The number of nitrogens with one attached hydrogen (secondary N) is 1. The van der Waals surface area contributed by atoms with Gasteiger partial charge in [0.25, 0.3) is 0 Å². The molecule has 1 aromatic rings. The monoisotopic (exact) mass is 365 g/mol. The summed E-state index contributed by atoms with van der Waals surface area (Å²) in [5, 5.41) is 2.60. The first-order valence-electron chi connectivity index (χ1n) is 9.23. The topological polar surface area (TPSA) is 79.4 Å². The van der Waals surface area contributed by atoms with Gasteiger partial charge in [0.2, 0.25) is 5.91 Å². The minimum absolute atomic E-state index is 0.0428. The van der Waals surface area contributed by atoms with Crippen molar-refractivity contribution in [1.29, 1.82) is 0 Å². The van der Waals surface area contributed by atoms with Gasteiger partial charge in [0.1, 0.15) is 5.82 Å². The smallest absolute Gasteiger partial charge is 0.221 e. The summed E-state index contributed by atoms with van der Waals surface area (Å²) in [6.07, 6.45) is 7.66. The Bertz CT molecular complexity index is 693. The highest BCUT2D eigenvalue weighted by Gasteiger charge is 2.28. The van der Waals surface area contributed by atoms with Crippen LogP contribution < -0.4 is 10.2 Å². The van der Waals surface area contributed by atoms with Crippen LogP contribution in [0.2, 0.25) is 0 Å². The normalized spacial score (nSPS) is 18.6. The second-order valence-electron chi connectivity index (χ2n) is 7.02. The lowest BCUT2D eigenvalue weighted by molar-refractivity contribution is -0.120. The molecule has 2 fully saturated rings. The van der Waals surface area contributed by atoms with Crippen LogP contribution in [0.15, 0.2) is 18.3 Å². The summed E-state index contributed by atoms with van der Waals surface area (Å²) in [5.74, 6) is 0.702. The number of rotatable bonds is 7. The lowest BCUT2D eigenvalue weighted by Crippen LogP contribution is -2.28. The Morgan fingerprint density at radius 3 is 2.64 bits per heavy atom. The zero-order valence-corrected chi connectivity index (χ0v) is 15.4. The first-order chi connectivity index (χ1) is 12.0. The van der Waals surface area contributed by atoms with Gasteiger partial charge in [-0.25, -0.2) is 13.4 Å². The lowest BCUT2D eigenvalue weighted by Gasteiger charge is -2.17. The van der Waals surface area contributed by atoms with E-state index in [4.69, 9.17) is 0 Å². The van der Waals surface area contributed by atoms with E-state index in [-0.39, 0.29) is 23.3 Å². The summed E-state index contributed by atoms with van der Waals surface area (Å²) >= 11 is 0. The molecule has 7 heteroatoms. The first-order valence-corrected chi connectivity index (χ1v) is 10.9. The van der Waals surface area contributed by atoms with E-state index in [1.54, 1.807) is 6.20 Å². The highest BCUT2D eigenvalue weighted by molar-refractivity contribution is 7.92. The average molecular weight is 365 g/mol. The van der Waals surface area contributed by atoms with Gasteiger partial charge in [-0.15, -0.1) is 0 Å². The van der Waals surface area contributed by atoms with E-state index in [1.165, 1.54) is 12.8 Å². The summed E-state index contributed by atoms with van der Waals surface area (Å²) in [7, 11) is -3.13. The second-order valence-corrected chi connectivity index (χ2v) is 9.42. The van der Waals surface area contributed by atoms with E-state index in [0.717, 1.165) is 50.2 Å². The first kappa shape index (κ1) is 18.2. The van der Waals surface area contributed by atoms with Crippen molar-refractivity contribution in [2.75, 3.05) is 23.7 Å². The van der Waals surface area contributed by atoms with Gasteiger partial charge in [-0.2, -0.15) is 0 Å². The fourth-order valence-electron chi connectivity index (χ4n) is 3.63. The summed E-state index contributed by atoms with van der Waals surface area (Å²) in [4.78, 5) is 18.7. The fraction of sp³-hybridized carbons (Fsp3) is 0.667. The molecule has 1 aromatic heterocycles. The molecular formula is C18H27N3O3S. The van der Waals surface area contributed by atoms with Crippen LogP contribution in [-0.4, -0.2) is 43.4 Å². The number of aromatic nitrogens is 1. The Labute approximate surface area is 149 Å². The molecule has 138 valence electrons. The van der Waals surface area contributed by atoms with Crippen LogP contribution in [0, 0.1) is 0 Å². The maximum Gasteiger partial charge on any atom is 0.221 e. The average Bonchev–Trinajstić information content (AvgIpc) is 3.32. The maximum atomic E-state index is 12.2. The molecule has 1 N–H and O–H groups in total. The number of nitrogens with zero attached hydrogens (tertiary/aromatic N) is 2. The largest absolute Gasteiger partial charge is 0.357 e. The van der Waals surface area contributed by atoms with Crippen LogP contribution in [0.3, 0.4) is 0 Å². The van der Waals surface area contributed by atoms with Crippen molar-refractivity contribution in [3.63, 3.8) is 0 Å². The Balaban J connectivity index is 1.46. The predicted molar refractivity (Wildman–Crippen MR) is 98.2 cm³/mol. The van der Waals surface area contributed by atoms with Crippen LogP contribution in [0.1, 0.15) is 50.5 Å². The van der Waals surface area contributed by atoms with Crippen LogP contribution in [0.5, 0.6) is 0 Å². The number of hydrogen-bond donors (Lipinski definition) is 1. The zero-order valence-electron chi connectivity index (χ0n) is 14.6. The molecule has 0 spiro atoms. The van der Waals surface area contributed by atoms with Gasteiger partial charge in [-0.1, -0.05) is 12.8 Å². The van der Waals surface area contributed by atoms with E-state index in [1.807, 2.05) is 12.1 Å². The van der Waals surface area contributed by atoms with E-state index in [2.05, 4.69) is 15.2 Å². The minimum Gasteiger partial charge on any atom is -0.357 e. The third-order valence-electron chi connectivity index (χ3n) is 5.15. The fourth-order valence-corrected chi connectivity index (χ4v) is 5.48. The quantitative estimate of drug-likeness (QED) is 0.800. The van der Waals surface area contributed by atoms with Gasteiger partial charge in [-0.3, -0.25) is 4.79 Å². The molecule has 0 unspecified atom stereocenters. The third kappa shape index (κ3) is 4.93. The molecule has 0 radical (unpaired) electrons. The summed E-state index contributed by atoms with van der Waals surface area (Å²) in [5.41, 5.74) is 0.990. The molecule has 1 aliphatic heterocycles. The van der Waals surface area contributed by atoms with Gasteiger partial charge in [0.15, 0.2) is 9.84 Å². The molecule has 1 saturated heterocycles. The molecule has 1 amide bonds. The maximum absolute atomic E-state index is 12.2. The Morgan fingerprint density at radius 1 is 1.20 bits per heavy atom.